The van der Waals surface area contributed by atoms with Crippen LogP contribution in [0.3, 0.4) is 0 Å². The number of hydrogen-bond donors (Lipinski definition) is 4. The van der Waals surface area contributed by atoms with Gasteiger partial charge in [-0.1, -0.05) is 18.2 Å². The lowest BCUT2D eigenvalue weighted by molar-refractivity contribution is -0.137. The number of benzene rings is 1. The number of carboxylic acids is 1. The van der Waals surface area contributed by atoms with E-state index in [9.17, 15) is 9.59 Å². The van der Waals surface area contributed by atoms with Crippen molar-refractivity contribution in [1.82, 2.24) is 20.3 Å². The van der Waals surface area contributed by atoms with Crippen molar-refractivity contribution in [2.75, 3.05) is 23.3 Å². The topological polar surface area (TPSA) is 123 Å². The van der Waals surface area contributed by atoms with Crippen LogP contribution in [-0.4, -0.2) is 57.1 Å². The zero-order valence-corrected chi connectivity index (χ0v) is 17.1. The molecule has 0 spiro atoms. The van der Waals surface area contributed by atoms with Crippen molar-refractivity contribution in [1.29, 1.82) is 0 Å². The van der Waals surface area contributed by atoms with E-state index in [1.165, 1.54) is 0 Å². The first-order valence-corrected chi connectivity index (χ1v) is 10.5. The van der Waals surface area contributed by atoms with Crippen LogP contribution in [0.5, 0.6) is 0 Å². The lowest BCUT2D eigenvalue weighted by atomic mass is 10.0. The summed E-state index contributed by atoms with van der Waals surface area (Å²) in [4.78, 5) is 38.1. The minimum absolute atomic E-state index is 0.0462. The molecular formula is C22H26N6O3. The largest absolute Gasteiger partial charge is 0.481 e. The number of amides is 1. The van der Waals surface area contributed by atoms with E-state index in [4.69, 9.17) is 5.11 Å². The molecule has 1 fully saturated rings. The third kappa shape index (κ3) is 5.11. The Balaban J connectivity index is 1.43. The zero-order chi connectivity index (χ0) is 21.6. The average molecular weight is 422 g/mol. The summed E-state index contributed by atoms with van der Waals surface area (Å²) in [7, 11) is 0. The fraction of sp³-hybridized carbons (Fsp3) is 0.364. The number of aromatic amines is 1. The van der Waals surface area contributed by atoms with Crippen LogP contribution in [0.4, 0.5) is 11.5 Å². The van der Waals surface area contributed by atoms with E-state index in [-0.39, 0.29) is 24.8 Å². The minimum Gasteiger partial charge on any atom is -0.481 e. The minimum atomic E-state index is -0.921. The fourth-order valence-electron chi connectivity index (χ4n) is 3.97. The van der Waals surface area contributed by atoms with Gasteiger partial charge in [-0.05, 0) is 37.5 Å². The summed E-state index contributed by atoms with van der Waals surface area (Å²) < 4.78 is 0. The van der Waals surface area contributed by atoms with Crippen LogP contribution >= 0.6 is 0 Å². The summed E-state index contributed by atoms with van der Waals surface area (Å²) in [6.45, 7) is 1.49. The maximum absolute atomic E-state index is 13.0. The highest BCUT2D eigenvalue weighted by atomic mass is 16.4. The molecule has 0 aliphatic carbocycles. The van der Waals surface area contributed by atoms with E-state index in [1.807, 2.05) is 42.6 Å². The van der Waals surface area contributed by atoms with Crippen molar-refractivity contribution in [3.63, 3.8) is 0 Å². The molecule has 1 saturated heterocycles. The summed E-state index contributed by atoms with van der Waals surface area (Å²) in [5, 5.41) is 16.3. The van der Waals surface area contributed by atoms with Gasteiger partial charge in [-0.3, -0.25) is 9.59 Å². The molecule has 0 unspecified atom stereocenters. The Morgan fingerprint density at radius 1 is 1.23 bits per heavy atom. The Kier molecular flexibility index (Phi) is 6.30. The number of carbonyl (C=O) groups excluding carboxylic acids is 1. The first kappa shape index (κ1) is 20.6. The molecule has 0 radical (unpaired) electrons. The zero-order valence-electron chi connectivity index (χ0n) is 17.1. The molecule has 3 heterocycles. The second-order valence-corrected chi connectivity index (χ2v) is 7.73. The highest BCUT2D eigenvalue weighted by Crippen LogP contribution is 2.25. The molecule has 2 atom stereocenters. The molecule has 4 rings (SSSR count). The summed E-state index contributed by atoms with van der Waals surface area (Å²) in [5.74, 6) is -0.253. The van der Waals surface area contributed by atoms with Crippen LogP contribution in [0.2, 0.25) is 0 Å². The maximum Gasteiger partial charge on any atom is 0.303 e. The molecule has 1 aliphatic rings. The Hall–Kier alpha value is -3.62. The van der Waals surface area contributed by atoms with Gasteiger partial charge in [0, 0.05) is 37.4 Å². The van der Waals surface area contributed by atoms with Gasteiger partial charge in [-0.2, -0.15) is 0 Å². The normalized spacial score (nSPS) is 17.3. The molecule has 31 heavy (non-hydrogen) atoms. The first-order valence-electron chi connectivity index (χ1n) is 10.5. The van der Waals surface area contributed by atoms with Gasteiger partial charge in [0.05, 0.1) is 5.39 Å². The molecule has 0 bridgehead atoms. The predicted molar refractivity (Wildman–Crippen MR) is 118 cm³/mol. The molecule has 4 N–H and O–H groups in total. The molecule has 9 nitrogen and oxygen atoms in total. The summed E-state index contributed by atoms with van der Waals surface area (Å²) in [6.07, 6.45) is 5.30. The van der Waals surface area contributed by atoms with Crippen LogP contribution in [0.25, 0.3) is 11.0 Å². The van der Waals surface area contributed by atoms with Gasteiger partial charge in [0.25, 0.3) is 0 Å². The second-order valence-electron chi connectivity index (χ2n) is 7.73. The van der Waals surface area contributed by atoms with Crippen LogP contribution in [0.15, 0.2) is 48.9 Å². The van der Waals surface area contributed by atoms with E-state index >= 15 is 0 Å². The van der Waals surface area contributed by atoms with Crippen LogP contribution < -0.4 is 15.5 Å². The van der Waals surface area contributed by atoms with Gasteiger partial charge in [0.15, 0.2) is 0 Å². The van der Waals surface area contributed by atoms with E-state index in [0.717, 1.165) is 41.9 Å². The Bertz CT molecular complexity index is 1040. The second kappa shape index (κ2) is 9.46. The molecule has 2 aromatic heterocycles. The molecule has 162 valence electrons. The first-order chi connectivity index (χ1) is 15.1. The van der Waals surface area contributed by atoms with Crippen molar-refractivity contribution >= 4 is 34.4 Å². The fourth-order valence-corrected chi connectivity index (χ4v) is 3.97. The van der Waals surface area contributed by atoms with Crippen LogP contribution in [0, 0.1) is 0 Å². The van der Waals surface area contributed by atoms with Crippen molar-refractivity contribution in [2.45, 2.75) is 37.8 Å². The molecular weight excluding hydrogens is 396 g/mol. The van der Waals surface area contributed by atoms with Crippen LogP contribution in [0.1, 0.15) is 25.7 Å². The number of hydrogen-bond acceptors (Lipinski definition) is 6. The van der Waals surface area contributed by atoms with Crippen molar-refractivity contribution < 1.29 is 14.7 Å². The standard InChI is InChI=1S/C22H26N6O3/c29-19(30)9-8-18(26-15-5-2-1-3-6-15)22(31)27-16-7-4-12-28(13-16)21-17-10-11-23-20(17)24-14-25-21/h1-3,5-6,10-11,14,16,18,26H,4,7-9,12-13H2,(H,27,31)(H,29,30)(H,23,24,25)/t16-,18-/m1/s1. The quantitative estimate of drug-likeness (QED) is 0.439. The van der Waals surface area contributed by atoms with Gasteiger partial charge in [0.2, 0.25) is 5.91 Å². The number of H-pyrrole nitrogens is 1. The lowest BCUT2D eigenvalue weighted by Gasteiger charge is -2.35. The highest BCUT2D eigenvalue weighted by Gasteiger charge is 2.27. The number of piperidine rings is 1. The Morgan fingerprint density at radius 2 is 2.06 bits per heavy atom. The number of nitrogens with zero attached hydrogens (tertiary/aromatic N) is 3. The Labute approximate surface area is 179 Å². The number of nitrogens with one attached hydrogen (secondary N) is 3. The SMILES string of the molecule is O=C(O)CC[C@@H](Nc1ccccc1)C(=O)N[C@@H]1CCCN(c2ncnc3[nH]ccc23)C1. The summed E-state index contributed by atoms with van der Waals surface area (Å²) >= 11 is 0. The van der Waals surface area contributed by atoms with Gasteiger partial charge in [0.1, 0.15) is 23.8 Å². The summed E-state index contributed by atoms with van der Waals surface area (Å²) in [6, 6.07) is 10.6. The predicted octanol–water partition coefficient (Wildman–Crippen LogP) is 2.39. The van der Waals surface area contributed by atoms with Gasteiger partial charge >= 0.3 is 5.97 Å². The molecule has 3 aromatic rings. The molecule has 0 saturated carbocycles. The molecule has 1 aromatic carbocycles. The maximum atomic E-state index is 13.0. The Morgan fingerprint density at radius 3 is 2.87 bits per heavy atom. The van der Waals surface area contributed by atoms with Crippen molar-refractivity contribution in [2.24, 2.45) is 0 Å². The van der Waals surface area contributed by atoms with E-state index < -0.39 is 12.0 Å². The number of fused-ring (bicyclic) bond motifs is 1. The average Bonchev–Trinajstić information content (AvgIpc) is 3.26. The lowest BCUT2D eigenvalue weighted by Crippen LogP contribution is -2.51. The number of aliphatic carboxylic acids is 1. The number of rotatable bonds is 8. The van der Waals surface area contributed by atoms with Gasteiger partial charge in [-0.15, -0.1) is 0 Å². The van der Waals surface area contributed by atoms with Crippen molar-refractivity contribution in [3.05, 3.63) is 48.9 Å². The van der Waals surface area contributed by atoms with E-state index in [1.54, 1.807) is 6.33 Å². The number of carbonyl (C=O) groups is 2. The monoisotopic (exact) mass is 422 g/mol. The third-order valence-corrected chi connectivity index (χ3v) is 5.48. The number of anilines is 2. The van der Waals surface area contributed by atoms with Gasteiger partial charge < -0.3 is 25.6 Å². The molecule has 1 aliphatic heterocycles. The number of para-hydroxylation sites is 1. The van der Waals surface area contributed by atoms with Crippen molar-refractivity contribution in [3.8, 4) is 0 Å². The smallest absolute Gasteiger partial charge is 0.303 e. The van der Waals surface area contributed by atoms with Gasteiger partial charge in [-0.25, -0.2) is 9.97 Å². The highest BCUT2D eigenvalue weighted by molar-refractivity contribution is 5.88. The van der Waals surface area contributed by atoms with E-state index in [2.05, 4.69) is 30.5 Å². The summed E-state index contributed by atoms with van der Waals surface area (Å²) in [5.41, 5.74) is 1.58. The van der Waals surface area contributed by atoms with E-state index in [0.29, 0.717) is 6.54 Å². The molecule has 1 amide bonds. The number of carboxylic acid groups (broad SMARTS) is 1. The number of aromatic nitrogens is 3. The molecule has 9 heteroatoms. The van der Waals surface area contributed by atoms with Crippen LogP contribution in [-0.2, 0) is 9.59 Å². The third-order valence-electron chi connectivity index (χ3n) is 5.48.